The maximum absolute atomic E-state index is 14.3. The molecule has 0 N–H and O–H groups in total. The molecule has 4 aromatic rings. The number of halogens is 1. The van der Waals surface area contributed by atoms with Gasteiger partial charge in [-0.1, -0.05) is 72.3 Å². The van der Waals surface area contributed by atoms with Crippen LogP contribution in [0.3, 0.4) is 0 Å². The Hall–Kier alpha value is -4.82. The Labute approximate surface area is 239 Å². The number of amides is 3. The van der Waals surface area contributed by atoms with Gasteiger partial charge in [0.25, 0.3) is 23.4 Å². The highest BCUT2D eigenvalue weighted by molar-refractivity contribution is 6.30. The summed E-state index contributed by atoms with van der Waals surface area (Å²) in [6.45, 7) is -0.0703. The Morgan fingerprint density at radius 1 is 0.756 bits per heavy atom. The summed E-state index contributed by atoms with van der Waals surface area (Å²) in [5.41, 5.74) is 4.75. The van der Waals surface area contributed by atoms with Gasteiger partial charge in [-0.3, -0.25) is 24.5 Å². The summed E-state index contributed by atoms with van der Waals surface area (Å²) in [7, 11) is 0. The van der Waals surface area contributed by atoms with Crippen molar-refractivity contribution in [1.29, 1.82) is 0 Å². The molecule has 3 aliphatic carbocycles. The van der Waals surface area contributed by atoms with E-state index in [1.165, 1.54) is 29.3 Å². The minimum Gasteiger partial charge on any atom is -0.272 e. The molecule has 8 rings (SSSR count). The highest BCUT2D eigenvalue weighted by Crippen LogP contribution is 2.61. The minimum atomic E-state index is -0.658. The van der Waals surface area contributed by atoms with Crippen molar-refractivity contribution in [2.45, 2.75) is 18.4 Å². The van der Waals surface area contributed by atoms with Crippen molar-refractivity contribution >= 4 is 35.0 Å². The van der Waals surface area contributed by atoms with Crippen molar-refractivity contribution in [3.8, 4) is 0 Å². The smallest absolute Gasteiger partial charge is 0.272 e. The number of nitro benzene ring substituents is 1. The molecule has 0 saturated carbocycles. The molecule has 0 aromatic heterocycles. The molecule has 3 amide bonds. The maximum atomic E-state index is 14.3. The van der Waals surface area contributed by atoms with Crippen LogP contribution in [0.2, 0.25) is 5.02 Å². The van der Waals surface area contributed by atoms with Gasteiger partial charge in [0, 0.05) is 34.6 Å². The Morgan fingerprint density at radius 3 is 1.66 bits per heavy atom. The molecule has 0 spiro atoms. The van der Waals surface area contributed by atoms with E-state index in [4.69, 9.17) is 11.6 Å². The number of hydrazine groups is 1. The molecule has 1 aliphatic heterocycles. The van der Waals surface area contributed by atoms with Crippen LogP contribution in [0.1, 0.15) is 50.0 Å². The lowest BCUT2D eigenvalue weighted by molar-refractivity contribution is -0.384. The Balaban J connectivity index is 1.33. The van der Waals surface area contributed by atoms with Crippen LogP contribution in [0.25, 0.3) is 0 Å². The van der Waals surface area contributed by atoms with Gasteiger partial charge in [0.2, 0.25) is 0 Å². The third kappa shape index (κ3) is 3.78. The van der Waals surface area contributed by atoms with E-state index in [-0.39, 0.29) is 29.6 Å². The molecule has 1 fully saturated rings. The molecule has 1 saturated heterocycles. The van der Waals surface area contributed by atoms with E-state index in [1.54, 1.807) is 24.3 Å². The number of hydrogen-bond donors (Lipinski definition) is 0. The normalized spacial score (nSPS) is 21.7. The zero-order chi connectivity index (χ0) is 28.4. The lowest BCUT2D eigenvalue weighted by Crippen LogP contribution is -2.50. The van der Waals surface area contributed by atoms with Crippen LogP contribution in [0.4, 0.5) is 5.69 Å². The van der Waals surface area contributed by atoms with E-state index in [0.717, 1.165) is 27.3 Å². The Bertz CT molecular complexity index is 1640. The highest BCUT2D eigenvalue weighted by atomic mass is 35.5. The molecule has 2 bridgehead atoms. The van der Waals surface area contributed by atoms with E-state index in [9.17, 15) is 24.5 Å². The van der Waals surface area contributed by atoms with E-state index in [2.05, 4.69) is 0 Å². The second-order valence-corrected chi connectivity index (χ2v) is 11.0. The largest absolute Gasteiger partial charge is 0.273 e. The molecule has 202 valence electrons. The van der Waals surface area contributed by atoms with Crippen LogP contribution in [0, 0.1) is 22.0 Å². The predicted octanol–water partition coefficient (Wildman–Crippen LogP) is 5.70. The van der Waals surface area contributed by atoms with Crippen LogP contribution in [-0.2, 0) is 16.1 Å². The van der Waals surface area contributed by atoms with Gasteiger partial charge in [0.05, 0.1) is 23.3 Å². The number of imide groups is 1. The second-order valence-electron chi connectivity index (χ2n) is 10.5. The number of carbonyl (C=O) groups is 3. The van der Waals surface area contributed by atoms with E-state index >= 15 is 0 Å². The molecule has 4 aliphatic rings. The lowest BCUT2D eigenvalue weighted by atomic mass is 9.55. The fourth-order valence-electron chi connectivity index (χ4n) is 6.77. The molecular weight excluding hydrogens is 542 g/mol. The summed E-state index contributed by atoms with van der Waals surface area (Å²) < 4.78 is 0. The fourth-order valence-corrected chi connectivity index (χ4v) is 6.90. The van der Waals surface area contributed by atoms with Crippen molar-refractivity contribution < 1.29 is 19.3 Å². The van der Waals surface area contributed by atoms with Crippen LogP contribution in [-0.4, -0.2) is 32.7 Å². The number of carbonyl (C=O) groups excluding carboxylic acids is 3. The van der Waals surface area contributed by atoms with Gasteiger partial charge in [-0.2, -0.15) is 5.01 Å². The average molecular weight is 564 g/mol. The molecule has 0 radical (unpaired) electrons. The molecule has 2 atom stereocenters. The number of hydrogen-bond acceptors (Lipinski definition) is 5. The lowest BCUT2D eigenvalue weighted by Gasteiger charge is -2.45. The molecule has 0 unspecified atom stereocenters. The van der Waals surface area contributed by atoms with Gasteiger partial charge in [0.15, 0.2) is 0 Å². The van der Waals surface area contributed by atoms with E-state index in [0.29, 0.717) is 10.6 Å². The number of nitrogens with zero attached hydrogens (tertiary/aromatic N) is 3. The third-order valence-electron chi connectivity index (χ3n) is 8.47. The van der Waals surface area contributed by atoms with Crippen molar-refractivity contribution in [1.82, 2.24) is 10.0 Å². The van der Waals surface area contributed by atoms with Crippen molar-refractivity contribution in [2.75, 3.05) is 0 Å². The van der Waals surface area contributed by atoms with Crippen LogP contribution in [0.5, 0.6) is 0 Å². The topological polar surface area (TPSA) is 101 Å². The monoisotopic (exact) mass is 563 g/mol. The third-order valence-corrected chi connectivity index (χ3v) is 8.72. The number of benzene rings is 4. The molecule has 1 heterocycles. The van der Waals surface area contributed by atoms with Crippen LogP contribution in [0.15, 0.2) is 97.1 Å². The van der Waals surface area contributed by atoms with Crippen LogP contribution < -0.4 is 0 Å². The molecule has 9 heteroatoms. The molecule has 8 nitrogen and oxygen atoms in total. The van der Waals surface area contributed by atoms with Crippen LogP contribution >= 0.6 is 11.6 Å². The quantitative estimate of drug-likeness (QED) is 0.176. The first-order valence-corrected chi connectivity index (χ1v) is 13.6. The zero-order valence-corrected chi connectivity index (χ0v) is 22.3. The summed E-state index contributed by atoms with van der Waals surface area (Å²) in [5, 5.41) is 13.9. The first kappa shape index (κ1) is 25.2. The highest BCUT2D eigenvalue weighted by Gasteiger charge is 2.63. The molecule has 41 heavy (non-hydrogen) atoms. The first-order chi connectivity index (χ1) is 19.8. The Morgan fingerprint density at radius 2 is 1.22 bits per heavy atom. The maximum Gasteiger partial charge on any atom is 0.273 e. The molecular formula is C32H22ClN3O5. The summed E-state index contributed by atoms with van der Waals surface area (Å²) in [6.07, 6.45) is 0. The first-order valence-electron chi connectivity index (χ1n) is 13.2. The second kappa shape index (κ2) is 9.38. The van der Waals surface area contributed by atoms with Gasteiger partial charge < -0.3 is 0 Å². The number of non-ortho nitro benzene ring substituents is 1. The molecule has 4 aromatic carbocycles. The fraction of sp³-hybridized carbons (Fsp3) is 0.156. The van der Waals surface area contributed by atoms with Gasteiger partial charge in [-0.15, -0.1) is 0 Å². The van der Waals surface area contributed by atoms with Crippen molar-refractivity contribution in [3.63, 3.8) is 0 Å². The SMILES string of the molecule is O=C(c1ccc([N+](=O)[O-])cc1)N(Cc1ccc(Cl)cc1)N1C(=O)[C@@H]2C3c4ccccc4C(c4ccccc43)[C@H]2C1=O. The number of rotatable bonds is 5. The summed E-state index contributed by atoms with van der Waals surface area (Å²) in [6, 6.07) is 27.8. The van der Waals surface area contributed by atoms with Gasteiger partial charge in [0.1, 0.15) is 0 Å². The van der Waals surface area contributed by atoms with E-state index < -0.39 is 34.5 Å². The zero-order valence-electron chi connectivity index (χ0n) is 21.5. The van der Waals surface area contributed by atoms with Crippen molar-refractivity contribution in [2.24, 2.45) is 11.8 Å². The Kier molecular flexibility index (Phi) is 5.76. The van der Waals surface area contributed by atoms with E-state index in [1.807, 2.05) is 48.5 Å². The average Bonchev–Trinajstić information content (AvgIpc) is 3.26. The predicted molar refractivity (Wildman–Crippen MR) is 150 cm³/mol. The standard InChI is InChI=1S/C32H22ClN3O5/c33-20-13-9-18(10-14-20)17-34(30(37)19-11-15-21(16-12-19)36(40)41)35-31(38)28-26-22-5-1-2-6-23(22)27(29(28)32(35)39)25-8-4-3-7-24(25)26/h1-16,26-29H,17H2/t26?,27?,28-,29-/m1/s1. The summed E-state index contributed by atoms with van der Waals surface area (Å²) >= 11 is 6.08. The summed E-state index contributed by atoms with van der Waals surface area (Å²) in [5.74, 6) is -3.41. The minimum absolute atomic E-state index is 0.0703. The number of nitro groups is 1. The summed E-state index contributed by atoms with van der Waals surface area (Å²) in [4.78, 5) is 53.3. The van der Waals surface area contributed by atoms with Gasteiger partial charge in [-0.05, 0) is 52.1 Å². The van der Waals surface area contributed by atoms with Gasteiger partial charge in [-0.25, -0.2) is 5.01 Å². The van der Waals surface area contributed by atoms with Gasteiger partial charge >= 0.3 is 0 Å². The van der Waals surface area contributed by atoms with Crippen molar-refractivity contribution in [3.05, 3.63) is 146 Å².